The third-order valence-corrected chi connectivity index (χ3v) is 3.25. The number of hydrogen-bond acceptors (Lipinski definition) is 2. The van der Waals surface area contributed by atoms with Gasteiger partial charge in [-0.25, -0.2) is 4.79 Å². The van der Waals surface area contributed by atoms with Crippen molar-refractivity contribution in [3.8, 4) is 0 Å². The Hall–Kier alpha value is -0.730. The summed E-state index contributed by atoms with van der Waals surface area (Å²) in [5.74, 6) is 0.589. The monoisotopic (exact) mass is 227 g/mol. The fraction of sp³-hybridized carbons (Fsp3) is 0.923. The van der Waals surface area contributed by atoms with Crippen molar-refractivity contribution in [2.24, 2.45) is 5.92 Å². The lowest BCUT2D eigenvalue weighted by Crippen LogP contribution is -2.44. The van der Waals surface area contributed by atoms with Gasteiger partial charge in [0.1, 0.15) is 5.60 Å². The summed E-state index contributed by atoms with van der Waals surface area (Å²) in [6, 6.07) is 0.351. The second kappa shape index (κ2) is 5.07. The highest BCUT2D eigenvalue weighted by atomic mass is 16.6. The van der Waals surface area contributed by atoms with Gasteiger partial charge in [-0.3, -0.25) is 0 Å². The molecule has 1 fully saturated rings. The van der Waals surface area contributed by atoms with Crippen LogP contribution in [0.1, 0.15) is 53.4 Å². The van der Waals surface area contributed by atoms with E-state index in [1.165, 1.54) is 19.3 Å². The molecule has 1 amide bonds. The summed E-state index contributed by atoms with van der Waals surface area (Å²) in [7, 11) is 1.86. The zero-order valence-electron chi connectivity index (χ0n) is 11.2. The highest BCUT2D eigenvalue weighted by Crippen LogP contribution is 2.28. The fourth-order valence-electron chi connectivity index (χ4n) is 2.34. The molecule has 0 aromatic rings. The molecule has 3 nitrogen and oxygen atoms in total. The van der Waals surface area contributed by atoms with E-state index in [1.54, 1.807) is 4.90 Å². The topological polar surface area (TPSA) is 29.5 Å². The predicted octanol–water partition coefficient (Wildman–Crippen LogP) is 3.43. The summed E-state index contributed by atoms with van der Waals surface area (Å²) in [6.45, 7) is 7.94. The van der Waals surface area contributed by atoms with E-state index >= 15 is 0 Å². The molecular weight excluding hydrogens is 202 g/mol. The molecule has 2 atom stereocenters. The minimum atomic E-state index is -0.400. The van der Waals surface area contributed by atoms with Crippen molar-refractivity contribution in [1.29, 1.82) is 0 Å². The number of carbonyl (C=O) groups excluding carboxylic acids is 1. The van der Waals surface area contributed by atoms with Crippen LogP contribution in [-0.4, -0.2) is 29.7 Å². The zero-order valence-corrected chi connectivity index (χ0v) is 11.2. The molecule has 1 aliphatic carbocycles. The Morgan fingerprint density at radius 1 is 1.25 bits per heavy atom. The number of carbonyl (C=O) groups is 1. The van der Waals surface area contributed by atoms with Crippen LogP contribution >= 0.6 is 0 Å². The van der Waals surface area contributed by atoms with Crippen molar-refractivity contribution in [3.05, 3.63) is 0 Å². The maximum Gasteiger partial charge on any atom is 0.410 e. The zero-order chi connectivity index (χ0) is 12.3. The number of rotatable bonds is 1. The van der Waals surface area contributed by atoms with E-state index in [4.69, 9.17) is 4.74 Å². The van der Waals surface area contributed by atoms with Gasteiger partial charge in [-0.2, -0.15) is 0 Å². The number of hydrogen-bond donors (Lipinski definition) is 0. The average molecular weight is 227 g/mol. The van der Waals surface area contributed by atoms with Crippen LogP contribution in [0.5, 0.6) is 0 Å². The molecule has 94 valence electrons. The molecular formula is C13H25NO2. The highest BCUT2D eigenvalue weighted by molar-refractivity contribution is 5.68. The molecule has 1 aliphatic rings. The summed E-state index contributed by atoms with van der Waals surface area (Å²) in [5, 5.41) is 0. The first-order chi connectivity index (χ1) is 7.31. The van der Waals surface area contributed by atoms with Gasteiger partial charge >= 0.3 is 6.09 Å². The quantitative estimate of drug-likeness (QED) is 0.687. The van der Waals surface area contributed by atoms with Crippen molar-refractivity contribution < 1.29 is 9.53 Å². The van der Waals surface area contributed by atoms with Gasteiger partial charge in [-0.1, -0.05) is 19.8 Å². The van der Waals surface area contributed by atoms with Gasteiger partial charge in [0.25, 0.3) is 0 Å². The van der Waals surface area contributed by atoms with Crippen molar-refractivity contribution in [1.82, 2.24) is 4.90 Å². The van der Waals surface area contributed by atoms with Crippen molar-refractivity contribution in [3.63, 3.8) is 0 Å². The van der Waals surface area contributed by atoms with Crippen molar-refractivity contribution in [2.75, 3.05) is 7.05 Å². The molecule has 16 heavy (non-hydrogen) atoms. The third-order valence-electron chi connectivity index (χ3n) is 3.25. The lowest BCUT2D eigenvalue weighted by molar-refractivity contribution is 0.0128. The first-order valence-electron chi connectivity index (χ1n) is 6.27. The Labute approximate surface area is 99.1 Å². The number of amides is 1. The molecule has 0 saturated heterocycles. The van der Waals surface area contributed by atoms with Crippen LogP contribution in [0.3, 0.4) is 0 Å². The predicted molar refractivity (Wildman–Crippen MR) is 65.4 cm³/mol. The standard InChI is InChI=1S/C13H25NO2/c1-10-8-6-7-9-11(10)14(5)12(15)16-13(2,3)4/h10-11H,6-9H2,1-5H3/t10-,11-/m0/s1. The summed E-state index contributed by atoms with van der Waals surface area (Å²) < 4.78 is 5.39. The van der Waals surface area contributed by atoms with E-state index in [1.807, 2.05) is 27.8 Å². The third kappa shape index (κ3) is 3.69. The normalized spacial score (nSPS) is 26.3. The molecule has 0 N–H and O–H groups in total. The molecule has 0 heterocycles. The van der Waals surface area contributed by atoms with Gasteiger partial charge in [-0.15, -0.1) is 0 Å². The van der Waals surface area contributed by atoms with E-state index in [0.29, 0.717) is 12.0 Å². The van der Waals surface area contributed by atoms with Crippen LogP contribution in [0.4, 0.5) is 4.79 Å². The van der Waals surface area contributed by atoms with Crippen LogP contribution in [0.25, 0.3) is 0 Å². The lowest BCUT2D eigenvalue weighted by Gasteiger charge is -2.36. The Kier molecular flexibility index (Phi) is 4.22. The van der Waals surface area contributed by atoms with Crippen LogP contribution in [-0.2, 0) is 4.74 Å². The Morgan fingerprint density at radius 3 is 2.31 bits per heavy atom. The van der Waals surface area contributed by atoms with E-state index in [9.17, 15) is 4.79 Å². The van der Waals surface area contributed by atoms with Crippen molar-refractivity contribution >= 4 is 6.09 Å². The van der Waals surface area contributed by atoms with Crippen molar-refractivity contribution in [2.45, 2.75) is 65.0 Å². The van der Waals surface area contributed by atoms with Crippen LogP contribution in [0.2, 0.25) is 0 Å². The van der Waals surface area contributed by atoms with Gasteiger partial charge < -0.3 is 9.64 Å². The first-order valence-corrected chi connectivity index (χ1v) is 6.27. The molecule has 0 spiro atoms. The maximum absolute atomic E-state index is 11.9. The lowest BCUT2D eigenvalue weighted by atomic mass is 9.85. The first kappa shape index (κ1) is 13.3. The van der Waals surface area contributed by atoms with E-state index in [-0.39, 0.29) is 6.09 Å². The van der Waals surface area contributed by atoms with E-state index in [0.717, 1.165) is 6.42 Å². The summed E-state index contributed by atoms with van der Waals surface area (Å²) in [4.78, 5) is 13.7. The van der Waals surface area contributed by atoms with Crippen LogP contribution in [0.15, 0.2) is 0 Å². The smallest absolute Gasteiger partial charge is 0.410 e. The molecule has 0 unspecified atom stereocenters. The Balaban J connectivity index is 2.55. The second-order valence-electron chi connectivity index (χ2n) is 5.92. The average Bonchev–Trinajstić information content (AvgIpc) is 2.15. The van der Waals surface area contributed by atoms with Gasteiger partial charge in [0, 0.05) is 13.1 Å². The molecule has 3 heteroatoms. The van der Waals surface area contributed by atoms with Crippen LogP contribution in [0, 0.1) is 5.92 Å². The molecule has 0 aliphatic heterocycles. The molecule has 0 bridgehead atoms. The van der Waals surface area contributed by atoms with Gasteiger partial charge in [0.2, 0.25) is 0 Å². The molecule has 0 aromatic heterocycles. The molecule has 1 saturated carbocycles. The van der Waals surface area contributed by atoms with Crippen LogP contribution < -0.4 is 0 Å². The summed E-state index contributed by atoms with van der Waals surface area (Å²) >= 11 is 0. The Morgan fingerprint density at radius 2 is 1.81 bits per heavy atom. The van der Waals surface area contributed by atoms with Gasteiger partial charge in [0.05, 0.1) is 0 Å². The number of ether oxygens (including phenoxy) is 1. The SMILES string of the molecule is C[C@H]1CCCC[C@@H]1N(C)C(=O)OC(C)(C)C. The maximum atomic E-state index is 11.9. The highest BCUT2D eigenvalue weighted by Gasteiger charge is 2.30. The van der Waals surface area contributed by atoms with Gasteiger partial charge in [-0.05, 0) is 39.5 Å². The second-order valence-corrected chi connectivity index (χ2v) is 5.92. The minimum Gasteiger partial charge on any atom is -0.444 e. The fourth-order valence-corrected chi connectivity index (χ4v) is 2.34. The van der Waals surface area contributed by atoms with E-state index < -0.39 is 5.60 Å². The molecule has 0 radical (unpaired) electrons. The summed E-state index contributed by atoms with van der Waals surface area (Å²) in [6.07, 6.45) is 4.66. The van der Waals surface area contributed by atoms with Gasteiger partial charge in [0.15, 0.2) is 0 Å². The van der Waals surface area contributed by atoms with E-state index in [2.05, 4.69) is 6.92 Å². The molecule has 1 rings (SSSR count). The summed E-state index contributed by atoms with van der Waals surface area (Å²) in [5.41, 5.74) is -0.400. The Bertz CT molecular complexity index is 245. The number of nitrogens with zero attached hydrogens (tertiary/aromatic N) is 1. The largest absolute Gasteiger partial charge is 0.444 e. The molecule has 0 aromatic carbocycles. The minimum absolute atomic E-state index is 0.189.